The summed E-state index contributed by atoms with van der Waals surface area (Å²) in [5, 5.41) is 4.27. The van der Waals surface area contributed by atoms with Crippen molar-refractivity contribution in [3.8, 4) is 0 Å². The molecule has 2 aromatic heterocycles. The maximum Gasteiger partial charge on any atom is 0.250 e. The maximum absolute atomic E-state index is 12.7. The first-order valence-electron chi connectivity index (χ1n) is 8.06. The Morgan fingerprint density at radius 1 is 1.19 bits per heavy atom. The lowest BCUT2D eigenvalue weighted by Gasteiger charge is -2.22. The summed E-state index contributed by atoms with van der Waals surface area (Å²) in [6, 6.07) is 12.4. The van der Waals surface area contributed by atoms with Crippen molar-refractivity contribution in [1.82, 2.24) is 19.5 Å². The van der Waals surface area contributed by atoms with Crippen molar-refractivity contribution in [3.63, 3.8) is 0 Å². The molecule has 1 N–H and O–H groups in total. The predicted octanol–water partition coefficient (Wildman–Crippen LogP) is 3.72. The summed E-state index contributed by atoms with van der Waals surface area (Å²) in [7, 11) is -3.70. The molecule has 0 aliphatic heterocycles. The number of sulfonamides is 1. The van der Waals surface area contributed by atoms with Crippen LogP contribution >= 0.6 is 22.9 Å². The minimum absolute atomic E-state index is 0.0149. The van der Waals surface area contributed by atoms with Gasteiger partial charge in [0.1, 0.15) is 16.4 Å². The normalized spacial score (nSPS) is 13.2. The van der Waals surface area contributed by atoms with Gasteiger partial charge in [0.05, 0.1) is 16.9 Å². The standard InChI is InChI=1S/C17H19ClN4O2S2/c1-12(2)16(21-26(23,24)15-9-8-14(18)25-15)17-19-11-20-22(17)10-13-6-4-3-5-7-13/h3-9,11-12,16,21H,10H2,1-2H3. The molecule has 6 nitrogen and oxygen atoms in total. The quantitative estimate of drug-likeness (QED) is 0.644. The highest BCUT2D eigenvalue weighted by molar-refractivity contribution is 7.91. The van der Waals surface area contributed by atoms with Gasteiger partial charge in [0, 0.05) is 0 Å². The van der Waals surface area contributed by atoms with Gasteiger partial charge in [-0.3, -0.25) is 0 Å². The number of aromatic nitrogens is 3. The van der Waals surface area contributed by atoms with Crippen molar-refractivity contribution < 1.29 is 8.42 Å². The minimum Gasteiger partial charge on any atom is -0.244 e. The van der Waals surface area contributed by atoms with E-state index < -0.39 is 16.1 Å². The molecule has 1 unspecified atom stereocenters. The van der Waals surface area contributed by atoms with Crippen molar-refractivity contribution in [3.05, 3.63) is 64.5 Å². The number of nitrogens with one attached hydrogen (secondary N) is 1. The Morgan fingerprint density at radius 3 is 2.54 bits per heavy atom. The van der Waals surface area contributed by atoms with Crippen LogP contribution in [0.5, 0.6) is 0 Å². The van der Waals surface area contributed by atoms with Gasteiger partial charge in [-0.25, -0.2) is 18.1 Å². The van der Waals surface area contributed by atoms with E-state index in [-0.39, 0.29) is 10.1 Å². The number of halogens is 1. The summed E-state index contributed by atoms with van der Waals surface area (Å²) >= 11 is 6.91. The van der Waals surface area contributed by atoms with E-state index in [2.05, 4.69) is 14.8 Å². The number of thiophene rings is 1. The zero-order valence-corrected chi connectivity index (χ0v) is 16.7. The van der Waals surface area contributed by atoms with Crippen LogP contribution in [0.15, 0.2) is 53.0 Å². The molecule has 0 radical (unpaired) electrons. The fraction of sp³-hybridized carbons (Fsp3) is 0.294. The van der Waals surface area contributed by atoms with Gasteiger partial charge in [0.25, 0.3) is 10.0 Å². The summed E-state index contributed by atoms with van der Waals surface area (Å²) in [4.78, 5) is 4.32. The molecule has 3 aromatic rings. The lowest BCUT2D eigenvalue weighted by Crippen LogP contribution is -2.33. The van der Waals surface area contributed by atoms with Crippen molar-refractivity contribution in [2.45, 2.75) is 30.6 Å². The predicted molar refractivity (Wildman–Crippen MR) is 103 cm³/mol. The molecule has 1 atom stereocenters. The second-order valence-corrected chi connectivity index (χ2v) is 9.82. The Morgan fingerprint density at radius 2 is 1.92 bits per heavy atom. The van der Waals surface area contributed by atoms with Crippen LogP contribution in [0.25, 0.3) is 0 Å². The number of benzene rings is 1. The Bertz CT molecular complexity index is 968. The highest BCUT2D eigenvalue weighted by Gasteiger charge is 2.28. The molecule has 138 valence electrons. The third-order valence-corrected chi connectivity index (χ3v) is 7.03. The zero-order valence-electron chi connectivity index (χ0n) is 14.3. The van der Waals surface area contributed by atoms with E-state index in [1.165, 1.54) is 12.4 Å². The van der Waals surface area contributed by atoms with Gasteiger partial charge in [0.2, 0.25) is 0 Å². The molecule has 2 heterocycles. The molecule has 0 spiro atoms. The lowest BCUT2D eigenvalue weighted by atomic mass is 10.0. The molecule has 3 rings (SSSR count). The van der Waals surface area contributed by atoms with Crippen molar-refractivity contribution >= 4 is 33.0 Å². The zero-order chi connectivity index (χ0) is 18.7. The van der Waals surface area contributed by atoms with Crippen LogP contribution in [-0.2, 0) is 16.6 Å². The first kappa shape index (κ1) is 19.0. The van der Waals surface area contributed by atoms with Crippen molar-refractivity contribution in [2.24, 2.45) is 5.92 Å². The highest BCUT2D eigenvalue weighted by atomic mass is 35.5. The van der Waals surface area contributed by atoms with E-state index >= 15 is 0 Å². The molecule has 0 saturated carbocycles. The van der Waals surface area contributed by atoms with E-state index in [0.717, 1.165) is 16.9 Å². The third kappa shape index (κ3) is 4.32. The summed E-state index contributed by atoms with van der Waals surface area (Å²) in [6.45, 7) is 4.40. The van der Waals surface area contributed by atoms with Gasteiger partial charge in [-0.2, -0.15) is 9.82 Å². The van der Waals surface area contributed by atoms with Crippen LogP contribution < -0.4 is 4.72 Å². The van der Waals surface area contributed by atoms with Crippen LogP contribution in [-0.4, -0.2) is 23.2 Å². The molecule has 0 fully saturated rings. The molecule has 1 aromatic carbocycles. The summed E-state index contributed by atoms with van der Waals surface area (Å²) in [5.41, 5.74) is 1.06. The van der Waals surface area contributed by atoms with Gasteiger partial charge < -0.3 is 0 Å². The van der Waals surface area contributed by atoms with Gasteiger partial charge in [-0.05, 0) is 23.6 Å². The monoisotopic (exact) mass is 410 g/mol. The molecule has 0 aliphatic rings. The second-order valence-electron chi connectivity index (χ2n) is 6.16. The molecule has 0 bridgehead atoms. The minimum atomic E-state index is -3.70. The number of rotatable bonds is 7. The van der Waals surface area contributed by atoms with Crippen LogP contribution in [0.3, 0.4) is 0 Å². The Hall–Kier alpha value is -1.74. The summed E-state index contributed by atoms with van der Waals surface area (Å²) in [5.74, 6) is 0.564. The number of nitrogens with zero attached hydrogens (tertiary/aromatic N) is 3. The molecular formula is C17H19ClN4O2S2. The molecule has 26 heavy (non-hydrogen) atoms. The molecule has 0 aliphatic carbocycles. The van der Waals surface area contributed by atoms with Gasteiger partial charge >= 0.3 is 0 Å². The second kappa shape index (κ2) is 7.87. The summed E-state index contributed by atoms with van der Waals surface area (Å²) < 4.78 is 30.5. The highest BCUT2D eigenvalue weighted by Crippen LogP contribution is 2.28. The lowest BCUT2D eigenvalue weighted by molar-refractivity contribution is 0.423. The molecular weight excluding hydrogens is 392 g/mol. The Balaban J connectivity index is 1.89. The van der Waals surface area contributed by atoms with Crippen molar-refractivity contribution in [2.75, 3.05) is 0 Å². The fourth-order valence-corrected chi connectivity index (χ4v) is 5.39. The van der Waals surface area contributed by atoms with Gasteiger partial charge in [-0.15, -0.1) is 11.3 Å². The van der Waals surface area contributed by atoms with Crippen LogP contribution in [0, 0.1) is 5.92 Å². The van der Waals surface area contributed by atoms with Crippen LogP contribution in [0.2, 0.25) is 4.34 Å². The van der Waals surface area contributed by atoms with Gasteiger partial charge in [-0.1, -0.05) is 55.8 Å². The fourth-order valence-electron chi connectivity index (χ4n) is 2.55. The van der Waals surface area contributed by atoms with E-state index in [1.54, 1.807) is 10.7 Å². The van der Waals surface area contributed by atoms with E-state index in [1.807, 2.05) is 44.2 Å². The smallest absolute Gasteiger partial charge is 0.244 e. The Kier molecular flexibility index (Phi) is 5.76. The summed E-state index contributed by atoms with van der Waals surface area (Å²) in [6.07, 6.45) is 1.45. The first-order chi connectivity index (χ1) is 12.4. The van der Waals surface area contributed by atoms with Crippen LogP contribution in [0.4, 0.5) is 0 Å². The SMILES string of the molecule is CC(C)C(NS(=O)(=O)c1ccc(Cl)s1)c1ncnn1Cc1ccccc1. The molecule has 9 heteroatoms. The van der Waals surface area contributed by atoms with E-state index in [0.29, 0.717) is 16.7 Å². The van der Waals surface area contributed by atoms with Crippen molar-refractivity contribution in [1.29, 1.82) is 0 Å². The number of hydrogen-bond donors (Lipinski definition) is 1. The average molecular weight is 411 g/mol. The maximum atomic E-state index is 12.7. The van der Waals surface area contributed by atoms with Gasteiger partial charge in [0.15, 0.2) is 0 Å². The first-order valence-corrected chi connectivity index (χ1v) is 10.7. The largest absolute Gasteiger partial charge is 0.250 e. The van der Waals surface area contributed by atoms with E-state index in [9.17, 15) is 8.42 Å². The topological polar surface area (TPSA) is 76.9 Å². The average Bonchev–Trinajstić information content (AvgIpc) is 3.23. The Labute approximate surface area is 161 Å². The van der Waals surface area contributed by atoms with E-state index in [4.69, 9.17) is 11.6 Å². The molecule has 0 amide bonds. The third-order valence-electron chi connectivity index (χ3n) is 3.86. The van der Waals surface area contributed by atoms with Crippen LogP contribution in [0.1, 0.15) is 31.3 Å². The molecule has 0 saturated heterocycles. The number of hydrogen-bond acceptors (Lipinski definition) is 5.